The van der Waals surface area contributed by atoms with Crippen LogP contribution >= 0.6 is 31.9 Å². The van der Waals surface area contributed by atoms with E-state index in [9.17, 15) is 26.3 Å². The predicted octanol–water partition coefficient (Wildman–Crippen LogP) is 14.5. The van der Waals surface area contributed by atoms with Gasteiger partial charge in [-0.25, -0.2) is 26.3 Å². The lowest BCUT2D eigenvalue weighted by Gasteiger charge is -2.32. The molecule has 1 fully saturated rings. The van der Waals surface area contributed by atoms with Crippen LogP contribution in [0, 0.1) is 34.9 Å². The molecule has 1 aliphatic heterocycles. The molecule has 13 rings (SSSR count). The van der Waals surface area contributed by atoms with Gasteiger partial charge >= 0.3 is 7.12 Å². The van der Waals surface area contributed by atoms with E-state index in [0.29, 0.717) is 28.7 Å². The number of fused-ring (bicyclic) bond motifs is 3. The number of nitrogens with zero attached hydrogens (tertiary/aromatic N) is 6. The predicted molar refractivity (Wildman–Crippen MR) is 319 cm³/mol. The van der Waals surface area contributed by atoms with Gasteiger partial charge in [0, 0.05) is 71.7 Å². The maximum Gasteiger partial charge on any atom is 0.494 e. The molecule has 22 heteroatoms. The van der Waals surface area contributed by atoms with E-state index in [1.807, 2.05) is 110 Å². The van der Waals surface area contributed by atoms with Gasteiger partial charge in [-0.1, -0.05) is 42.5 Å². The zero-order chi connectivity index (χ0) is 58.5. The summed E-state index contributed by atoms with van der Waals surface area (Å²) in [7, 11) is 5.02. The van der Waals surface area contributed by atoms with Crippen LogP contribution in [0.1, 0.15) is 27.7 Å². The summed E-state index contributed by atoms with van der Waals surface area (Å²) < 4.78 is 103. The molecule has 7 heterocycles. The lowest BCUT2D eigenvalue weighted by molar-refractivity contribution is 0.00578. The summed E-state index contributed by atoms with van der Waals surface area (Å²) >= 11 is 6.60. The molecule has 7 N–H and O–H groups in total. The molecular formula is C60H52BBr2F6N11O2. The van der Waals surface area contributed by atoms with Crippen molar-refractivity contribution in [3.63, 3.8) is 0 Å². The summed E-state index contributed by atoms with van der Waals surface area (Å²) in [5, 5.41) is 14.8. The summed E-state index contributed by atoms with van der Waals surface area (Å²) in [6.07, 6.45) is 0. The Bertz CT molecular complexity index is 4080. The van der Waals surface area contributed by atoms with Gasteiger partial charge < -0.3 is 35.7 Å². The first-order valence-electron chi connectivity index (χ1n) is 25.5. The fourth-order valence-corrected chi connectivity index (χ4v) is 10.2. The van der Waals surface area contributed by atoms with E-state index < -0.39 is 53.2 Å². The second-order valence-electron chi connectivity index (χ2n) is 20.4. The fraction of sp³-hybridized carbons (Fsp3) is 0.150. The number of rotatable bonds is 6. The van der Waals surface area contributed by atoms with Crippen molar-refractivity contribution in [2.75, 3.05) is 11.5 Å². The molecule has 12 aromatic rings. The molecule has 1 saturated heterocycles. The smallest absolute Gasteiger partial charge is 0.399 e. The molecular weight excluding hydrogens is 1190 g/mol. The molecule has 0 spiro atoms. The number of nitrogen functional groups attached to an aromatic ring is 2. The van der Waals surface area contributed by atoms with Crippen LogP contribution in [0.2, 0.25) is 0 Å². The number of H-pyrrole nitrogens is 3. The Balaban J connectivity index is 0.000000129. The van der Waals surface area contributed by atoms with Crippen molar-refractivity contribution >= 4 is 88.8 Å². The third kappa shape index (κ3) is 11.6. The first kappa shape index (κ1) is 56.9. The van der Waals surface area contributed by atoms with Gasteiger partial charge in [0.1, 0.15) is 55.7 Å². The van der Waals surface area contributed by atoms with E-state index in [2.05, 4.69) is 62.1 Å². The maximum absolute atomic E-state index is 14.1. The monoisotopic (exact) mass is 1240 g/mol. The van der Waals surface area contributed by atoms with E-state index in [0.717, 1.165) is 69.9 Å². The van der Waals surface area contributed by atoms with Crippen molar-refractivity contribution in [1.82, 2.24) is 44.3 Å². The second kappa shape index (κ2) is 22.6. The minimum Gasteiger partial charge on any atom is -0.399 e. The third-order valence-electron chi connectivity index (χ3n) is 14.3. The van der Waals surface area contributed by atoms with Gasteiger partial charge in [-0.15, -0.1) is 0 Å². The lowest BCUT2D eigenvalue weighted by Crippen LogP contribution is -2.41. The zero-order valence-electron chi connectivity index (χ0n) is 45.1. The normalized spacial score (nSPS) is 13.5. The van der Waals surface area contributed by atoms with Crippen molar-refractivity contribution in [1.29, 1.82) is 0 Å². The number of halogens is 8. The average molecular weight is 1240 g/mol. The second-order valence-corrected chi connectivity index (χ2v) is 22.1. The number of aromatic nitrogens is 9. The van der Waals surface area contributed by atoms with Gasteiger partial charge in [-0.2, -0.15) is 15.3 Å². The fourth-order valence-electron chi connectivity index (χ4n) is 9.46. The number of benzene rings is 6. The highest BCUT2D eigenvalue weighted by Crippen LogP contribution is 2.38. The van der Waals surface area contributed by atoms with Gasteiger partial charge in [0.15, 0.2) is 0 Å². The maximum atomic E-state index is 14.1. The quantitative estimate of drug-likeness (QED) is 0.0814. The SMILES string of the molecule is CC1(C)OB(c2ccc3[nH]c(-c4c(F)cccc4F)cc3c2)OC1(C)C.Cn1nc(Br)cc1-c1ccc2[nH]c(-c3c(F)cccc3F)cc2c1.Cn1nc(N)cc1-c1ccc2[nH]c(-c3c(F)cccc3F)cc2c1.Cn1nc(N)cc1Br. The van der Waals surface area contributed by atoms with Crippen molar-refractivity contribution in [2.24, 2.45) is 21.1 Å². The summed E-state index contributed by atoms with van der Waals surface area (Å²) in [4.78, 5) is 9.23. The average Bonchev–Trinajstić information content (AvgIpc) is 3.82. The molecule has 418 valence electrons. The molecule has 82 heavy (non-hydrogen) atoms. The Morgan fingerprint density at radius 1 is 0.451 bits per heavy atom. The van der Waals surface area contributed by atoms with Gasteiger partial charge in [-0.3, -0.25) is 14.0 Å². The molecule has 0 atom stereocenters. The van der Waals surface area contributed by atoms with Crippen LogP contribution in [0.25, 0.3) is 89.0 Å². The number of hydrogen-bond donors (Lipinski definition) is 5. The molecule has 6 aromatic carbocycles. The van der Waals surface area contributed by atoms with Crippen LogP contribution in [-0.2, 0) is 30.5 Å². The van der Waals surface area contributed by atoms with Crippen LogP contribution in [0.15, 0.2) is 155 Å². The van der Waals surface area contributed by atoms with Crippen molar-refractivity contribution in [3.8, 4) is 56.3 Å². The first-order valence-corrected chi connectivity index (χ1v) is 27.0. The van der Waals surface area contributed by atoms with Gasteiger partial charge in [0.2, 0.25) is 0 Å². The van der Waals surface area contributed by atoms with Crippen molar-refractivity contribution < 1.29 is 35.7 Å². The molecule has 0 unspecified atom stereocenters. The van der Waals surface area contributed by atoms with Crippen LogP contribution in [0.5, 0.6) is 0 Å². The Kier molecular flexibility index (Phi) is 15.7. The Hall–Kier alpha value is -8.31. The van der Waals surface area contributed by atoms with E-state index in [1.165, 1.54) is 54.6 Å². The Morgan fingerprint density at radius 2 is 0.817 bits per heavy atom. The van der Waals surface area contributed by atoms with Crippen LogP contribution < -0.4 is 16.9 Å². The highest BCUT2D eigenvalue weighted by Gasteiger charge is 2.51. The number of anilines is 2. The number of aryl methyl sites for hydroxylation is 3. The van der Waals surface area contributed by atoms with Gasteiger partial charge in [0.05, 0.1) is 56.4 Å². The third-order valence-corrected chi connectivity index (χ3v) is 15.4. The number of aromatic amines is 3. The molecule has 0 saturated carbocycles. The standard InChI is InChI=1S/C20H20BF2NO2.C18H12BrF2N3.C18H14F2N4.C4H6BrN3/c1-19(2)20(3,4)26-21(25-19)13-8-9-16-12(10-13)11-17(24-16)18-14(22)6-5-7-15(18)23;1-24-16(9-17(19)23-24)10-5-6-14-11(7-10)8-15(22-14)18-12(20)3-2-4-13(18)21;1-24-16(9-17(21)23-24)10-5-6-14-11(7-10)8-15(22-14)18-12(19)3-2-4-13(18)20;1-8-3(5)2-4(6)7-8/h5-11,24H,1-4H3;2-9,22H,1H3;2-9,22H,1H3,(H2,21,23);2H,1H3,(H2,6,7). The molecule has 0 radical (unpaired) electrons. The van der Waals surface area contributed by atoms with Crippen molar-refractivity contribution in [3.05, 3.63) is 190 Å². The van der Waals surface area contributed by atoms with Gasteiger partial charge in [-0.05, 0) is 161 Å². The lowest BCUT2D eigenvalue weighted by atomic mass is 9.78. The van der Waals surface area contributed by atoms with Crippen molar-refractivity contribution in [2.45, 2.75) is 38.9 Å². The molecule has 0 aliphatic carbocycles. The van der Waals surface area contributed by atoms with E-state index >= 15 is 0 Å². The summed E-state index contributed by atoms with van der Waals surface area (Å²) in [6, 6.07) is 39.5. The van der Waals surface area contributed by atoms with E-state index in [4.69, 9.17) is 20.8 Å². The molecule has 6 aromatic heterocycles. The Morgan fingerprint density at radius 3 is 1.16 bits per heavy atom. The highest BCUT2D eigenvalue weighted by molar-refractivity contribution is 9.10. The minimum atomic E-state index is -0.596. The number of nitrogens with one attached hydrogen (secondary N) is 3. The van der Waals surface area contributed by atoms with E-state index in [-0.39, 0.29) is 16.7 Å². The number of hydrogen-bond acceptors (Lipinski definition) is 7. The topological polar surface area (TPSA) is 171 Å². The summed E-state index contributed by atoms with van der Waals surface area (Å²) in [5.41, 5.74) is 18.3. The van der Waals surface area contributed by atoms with Crippen LogP contribution in [-0.4, -0.2) is 62.6 Å². The zero-order valence-corrected chi connectivity index (χ0v) is 48.3. The van der Waals surface area contributed by atoms with Gasteiger partial charge in [0.25, 0.3) is 0 Å². The molecule has 0 bridgehead atoms. The molecule has 0 amide bonds. The molecule has 1 aliphatic rings. The highest BCUT2D eigenvalue weighted by atomic mass is 79.9. The van der Waals surface area contributed by atoms with Crippen LogP contribution in [0.4, 0.5) is 38.0 Å². The Labute approximate surface area is 483 Å². The molecule has 13 nitrogen and oxygen atoms in total. The van der Waals surface area contributed by atoms with Crippen LogP contribution in [0.3, 0.4) is 0 Å². The minimum absolute atomic E-state index is 0.0430. The summed E-state index contributed by atoms with van der Waals surface area (Å²) in [6.45, 7) is 8.00. The first-order chi connectivity index (χ1) is 38.9. The largest absolute Gasteiger partial charge is 0.494 e. The van der Waals surface area contributed by atoms with E-state index in [1.54, 1.807) is 44.4 Å². The summed E-state index contributed by atoms with van der Waals surface area (Å²) in [5.74, 6) is -2.57. The number of nitrogens with two attached hydrogens (primary N) is 2.